The second kappa shape index (κ2) is 6.03. The summed E-state index contributed by atoms with van der Waals surface area (Å²) in [6.07, 6.45) is 3.91. The molecular weight excluding hydrogens is 290 g/mol. The summed E-state index contributed by atoms with van der Waals surface area (Å²) < 4.78 is 0. The Balaban J connectivity index is 1.63. The van der Waals surface area contributed by atoms with E-state index in [1.165, 1.54) is 11.3 Å². The molecule has 0 aliphatic heterocycles. The normalized spacial score (nSPS) is 22.6. The topological polar surface area (TPSA) is 68.0 Å². The van der Waals surface area contributed by atoms with Crippen molar-refractivity contribution < 1.29 is 4.79 Å². The Hall–Kier alpha value is -1.24. The smallest absolute Gasteiger partial charge is 0.270 e. The number of aromatic nitrogens is 1. The van der Waals surface area contributed by atoms with Crippen LogP contribution in [0.15, 0.2) is 22.9 Å². The van der Waals surface area contributed by atoms with E-state index in [0.29, 0.717) is 11.7 Å². The van der Waals surface area contributed by atoms with Gasteiger partial charge >= 0.3 is 0 Å². The minimum Gasteiger partial charge on any atom is -0.348 e. The second-order valence-corrected chi connectivity index (χ2v) is 6.91. The molecule has 1 amide bonds. The predicted molar refractivity (Wildman–Crippen MR) is 83.1 cm³/mol. The number of thiophene rings is 1. The van der Waals surface area contributed by atoms with E-state index in [2.05, 4.69) is 10.3 Å². The molecule has 4 nitrogen and oxygen atoms in total. The van der Waals surface area contributed by atoms with Gasteiger partial charge in [-0.05, 0) is 37.1 Å². The van der Waals surface area contributed by atoms with Crippen LogP contribution in [-0.4, -0.2) is 23.0 Å². The summed E-state index contributed by atoms with van der Waals surface area (Å²) in [6.45, 7) is 0. The third-order valence-electron chi connectivity index (χ3n) is 3.58. The standard InChI is InChI=1S/C14H17N3OS2/c15-9-3-5-10(6-4-9)16-13(18)11-8-20-14(17-11)12-2-1-7-19-12/h1-2,7-10H,3-6,15H2,(H,16,18). The molecule has 2 aromatic rings. The summed E-state index contributed by atoms with van der Waals surface area (Å²) in [5.41, 5.74) is 6.40. The molecule has 2 aromatic heterocycles. The van der Waals surface area contributed by atoms with Gasteiger partial charge in [-0.25, -0.2) is 4.98 Å². The number of nitrogens with one attached hydrogen (secondary N) is 1. The van der Waals surface area contributed by atoms with Gasteiger partial charge < -0.3 is 11.1 Å². The highest BCUT2D eigenvalue weighted by Crippen LogP contribution is 2.28. The molecular formula is C14H17N3OS2. The van der Waals surface area contributed by atoms with Crippen molar-refractivity contribution in [2.45, 2.75) is 37.8 Å². The van der Waals surface area contributed by atoms with E-state index in [0.717, 1.165) is 35.6 Å². The van der Waals surface area contributed by atoms with Crippen LogP contribution in [-0.2, 0) is 0 Å². The first-order valence-electron chi connectivity index (χ1n) is 6.78. The van der Waals surface area contributed by atoms with Crippen LogP contribution in [0.25, 0.3) is 9.88 Å². The molecule has 0 spiro atoms. The minimum absolute atomic E-state index is 0.0653. The van der Waals surface area contributed by atoms with Crippen molar-refractivity contribution >= 4 is 28.6 Å². The van der Waals surface area contributed by atoms with Gasteiger partial charge in [0.15, 0.2) is 0 Å². The number of nitrogens with two attached hydrogens (primary N) is 1. The summed E-state index contributed by atoms with van der Waals surface area (Å²) in [5, 5.41) is 7.83. The number of rotatable bonds is 3. The largest absolute Gasteiger partial charge is 0.348 e. The molecule has 1 aliphatic carbocycles. The van der Waals surface area contributed by atoms with Crippen molar-refractivity contribution in [3.63, 3.8) is 0 Å². The molecule has 0 atom stereocenters. The summed E-state index contributed by atoms with van der Waals surface area (Å²) in [4.78, 5) is 17.7. The summed E-state index contributed by atoms with van der Waals surface area (Å²) >= 11 is 3.16. The van der Waals surface area contributed by atoms with Gasteiger partial charge in [0.1, 0.15) is 10.7 Å². The van der Waals surface area contributed by atoms with Gasteiger partial charge in [-0.1, -0.05) is 6.07 Å². The molecule has 0 bridgehead atoms. The van der Waals surface area contributed by atoms with E-state index in [1.54, 1.807) is 11.3 Å². The molecule has 0 radical (unpaired) electrons. The number of carbonyl (C=O) groups is 1. The summed E-state index contributed by atoms with van der Waals surface area (Å²) in [5.74, 6) is -0.0653. The van der Waals surface area contributed by atoms with Crippen LogP contribution >= 0.6 is 22.7 Å². The molecule has 2 heterocycles. The van der Waals surface area contributed by atoms with E-state index < -0.39 is 0 Å². The van der Waals surface area contributed by atoms with Gasteiger partial charge in [-0.15, -0.1) is 22.7 Å². The van der Waals surface area contributed by atoms with Gasteiger partial charge in [0.25, 0.3) is 5.91 Å². The van der Waals surface area contributed by atoms with Crippen LogP contribution in [0.2, 0.25) is 0 Å². The average molecular weight is 307 g/mol. The number of carbonyl (C=O) groups excluding carboxylic acids is 1. The lowest BCUT2D eigenvalue weighted by Gasteiger charge is -2.26. The Morgan fingerprint density at radius 2 is 2.10 bits per heavy atom. The lowest BCUT2D eigenvalue weighted by Crippen LogP contribution is -2.40. The third kappa shape index (κ3) is 3.08. The van der Waals surface area contributed by atoms with Gasteiger partial charge in [0.05, 0.1) is 4.88 Å². The first-order chi connectivity index (χ1) is 9.72. The lowest BCUT2D eigenvalue weighted by molar-refractivity contribution is 0.0921. The third-order valence-corrected chi connectivity index (χ3v) is 5.46. The fraction of sp³-hybridized carbons (Fsp3) is 0.429. The monoisotopic (exact) mass is 307 g/mol. The predicted octanol–water partition coefficient (Wildman–Crippen LogP) is 2.87. The van der Waals surface area contributed by atoms with Crippen molar-refractivity contribution in [3.8, 4) is 9.88 Å². The Kier molecular flexibility index (Phi) is 4.14. The van der Waals surface area contributed by atoms with Crippen molar-refractivity contribution in [1.82, 2.24) is 10.3 Å². The minimum atomic E-state index is -0.0653. The average Bonchev–Trinajstić information content (AvgIpc) is 3.11. The van der Waals surface area contributed by atoms with E-state index in [-0.39, 0.29) is 11.9 Å². The Bertz CT molecular complexity index is 571. The first kappa shape index (κ1) is 13.7. The van der Waals surface area contributed by atoms with Gasteiger partial charge in [0, 0.05) is 17.5 Å². The van der Waals surface area contributed by atoms with Crippen molar-refractivity contribution in [1.29, 1.82) is 0 Å². The van der Waals surface area contributed by atoms with E-state index in [4.69, 9.17) is 5.73 Å². The summed E-state index contributed by atoms with van der Waals surface area (Å²) in [6, 6.07) is 4.56. The number of hydrogen-bond acceptors (Lipinski definition) is 5. The molecule has 0 aromatic carbocycles. The Morgan fingerprint density at radius 1 is 1.30 bits per heavy atom. The molecule has 3 N–H and O–H groups in total. The van der Waals surface area contributed by atoms with Crippen LogP contribution in [0.5, 0.6) is 0 Å². The molecule has 0 unspecified atom stereocenters. The molecule has 1 saturated carbocycles. The maximum Gasteiger partial charge on any atom is 0.270 e. The van der Waals surface area contributed by atoms with Crippen LogP contribution in [0, 0.1) is 0 Å². The highest BCUT2D eigenvalue weighted by Gasteiger charge is 2.21. The van der Waals surface area contributed by atoms with Gasteiger partial charge in [-0.3, -0.25) is 4.79 Å². The molecule has 20 heavy (non-hydrogen) atoms. The van der Waals surface area contributed by atoms with Gasteiger partial charge in [-0.2, -0.15) is 0 Å². The van der Waals surface area contributed by atoms with E-state index >= 15 is 0 Å². The molecule has 6 heteroatoms. The van der Waals surface area contributed by atoms with Crippen molar-refractivity contribution in [2.75, 3.05) is 0 Å². The van der Waals surface area contributed by atoms with Crippen molar-refractivity contribution in [3.05, 3.63) is 28.6 Å². The van der Waals surface area contributed by atoms with Crippen LogP contribution in [0.1, 0.15) is 36.2 Å². The van der Waals surface area contributed by atoms with Crippen LogP contribution in [0.3, 0.4) is 0 Å². The molecule has 1 aliphatic rings. The highest BCUT2D eigenvalue weighted by atomic mass is 32.1. The molecule has 1 fully saturated rings. The molecule has 3 rings (SSSR count). The van der Waals surface area contributed by atoms with Crippen LogP contribution in [0.4, 0.5) is 0 Å². The Morgan fingerprint density at radius 3 is 2.80 bits per heavy atom. The Labute approximate surface area is 126 Å². The van der Waals surface area contributed by atoms with Gasteiger partial charge in [0.2, 0.25) is 0 Å². The molecule has 0 saturated heterocycles. The number of thiazole rings is 1. The molecule has 106 valence electrons. The number of hydrogen-bond donors (Lipinski definition) is 2. The first-order valence-corrected chi connectivity index (χ1v) is 8.54. The number of amides is 1. The number of nitrogens with zero attached hydrogens (tertiary/aromatic N) is 1. The second-order valence-electron chi connectivity index (χ2n) is 5.10. The fourth-order valence-electron chi connectivity index (χ4n) is 2.41. The SMILES string of the molecule is NC1CCC(NC(=O)c2csc(-c3cccs3)n2)CC1. The van der Waals surface area contributed by atoms with E-state index in [9.17, 15) is 4.79 Å². The maximum absolute atomic E-state index is 12.2. The zero-order valence-electron chi connectivity index (χ0n) is 11.0. The van der Waals surface area contributed by atoms with Crippen molar-refractivity contribution in [2.24, 2.45) is 5.73 Å². The maximum atomic E-state index is 12.2. The van der Waals surface area contributed by atoms with E-state index in [1.807, 2.05) is 22.9 Å². The quantitative estimate of drug-likeness (QED) is 0.916. The summed E-state index contributed by atoms with van der Waals surface area (Å²) in [7, 11) is 0. The lowest BCUT2D eigenvalue weighted by atomic mass is 9.92. The van der Waals surface area contributed by atoms with Crippen LogP contribution < -0.4 is 11.1 Å². The fourth-order valence-corrected chi connectivity index (χ4v) is 4.03. The highest BCUT2D eigenvalue weighted by molar-refractivity contribution is 7.20. The zero-order valence-corrected chi connectivity index (χ0v) is 12.7. The zero-order chi connectivity index (χ0) is 13.9.